The summed E-state index contributed by atoms with van der Waals surface area (Å²) < 4.78 is 36.5. The predicted molar refractivity (Wildman–Crippen MR) is 140 cm³/mol. The molecule has 1 saturated carbocycles. The van der Waals surface area contributed by atoms with Gasteiger partial charge in [-0.1, -0.05) is 37.6 Å². The molecule has 1 aliphatic rings. The van der Waals surface area contributed by atoms with Crippen LogP contribution in [0, 0.1) is 17.6 Å². The van der Waals surface area contributed by atoms with Crippen LogP contribution in [0.5, 0.6) is 0 Å². The molecule has 9 nitrogen and oxygen atoms in total. The van der Waals surface area contributed by atoms with Gasteiger partial charge in [0, 0.05) is 18.7 Å². The molecular formula is C28H30F2N6O3. The summed E-state index contributed by atoms with van der Waals surface area (Å²) in [6.45, 7) is 3.91. The van der Waals surface area contributed by atoms with Crippen LogP contribution >= 0.6 is 0 Å². The SMILES string of the molecule is CC(C)C[C@@H](C(=O)O)N(C)c1nc(-c2cc(-c3ccon3)n(Cc3ccc(C4CCC4)cc3F)n2)ncc1F. The number of hydrogen-bond donors (Lipinski definition) is 1. The minimum absolute atomic E-state index is 0.0711. The summed E-state index contributed by atoms with van der Waals surface area (Å²) in [4.78, 5) is 21.7. The second kappa shape index (κ2) is 10.9. The highest BCUT2D eigenvalue weighted by atomic mass is 19.1. The smallest absolute Gasteiger partial charge is 0.326 e. The van der Waals surface area contributed by atoms with Crippen LogP contribution in [-0.4, -0.2) is 49.1 Å². The Morgan fingerprint density at radius 2 is 1.97 bits per heavy atom. The average molecular weight is 537 g/mol. The van der Waals surface area contributed by atoms with Crippen LogP contribution in [0.3, 0.4) is 0 Å². The number of halogens is 2. The lowest BCUT2D eigenvalue weighted by atomic mass is 9.80. The highest BCUT2D eigenvalue weighted by Crippen LogP contribution is 2.37. The number of rotatable bonds is 10. The van der Waals surface area contributed by atoms with Crippen LogP contribution in [0.4, 0.5) is 14.6 Å². The number of likely N-dealkylation sites (N-methyl/N-ethyl adjacent to an activating group) is 1. The molecule has 0 amide bonds. The molecule has 1 N–H and O–H groups in total. The van der Waals surface area contributed by atoms with Gasteiger partial charge in [-0.15, -0.1) is 0 Å². The van der Waals surface area contributed by atoms with E-state index in [2.05, 4.69) is 20.2 Å². The van der Waals surface area contributed by atoms with E-state index in [9.17, 15) is 14.3 Å². The fourth-order valence-electron chi connectivity index (χ4n) is 4.79. The summed E-state index contributed by atoms with van der Waals surface area (Å²) in [6.07, 6.45) is 6.05. The number of hydrogen-bond acceptors (Lipinski definition) is 7. The molecular weight excluding hydrogens is 506 g/mol. The van der Waals surface area contributed by atoms with Crippen molar-refractivity contribution in [3.8, 4) is 22.9 Å². The Morgan fingerprint density at radius 1 is 1.18 bits per heavy atom. The molecule has 0 radical (unpaired) electrons. The maximum absolute atomic E-state index is 15.1. The number of benzene rings is 1. The van der Waals surface area contributed by atoms with Crippen molar-refractivity contribution in [3.63, 3.8) is 0 Å². The molecule has 3 heterocycles. The number of anilines is 1. The quantitative estimate of drug-likeness (QED) is 0.282. The van der Waals surface area contributed by atoms with Gasteiger partial charge in [-0.25, -0.2) is 23.5 Å². The lowest BCUT2D eigenvalue weighted by molar-refractivity contribution is -0.138. The van der Waals surface area contributed by atoms with Gasteiger partial charge in [0.2, 0.25) is 0 Å². The monoisotopic (exact) mass is 536 g/mol. The number of carbonyl (C=O) groups is 1. The van der Waals surface area contributed by atoms with Crippen LogP contribution in [0.25, 0.3) is 22.9 Å². The molecule has 1 aromatic carbocycles. The number of aromatic nitrogens is 5. The Kier molecular flexibility index (Phi) is 7.40. The van der Waals surface area contributed by atoms with Gasteiger partial charge in [-0.2, -0.15) is 5.10 Å². The van der Waals surface area contributed by atoms with Gasteiger partial charge in [-0.05, 0) is 48.8 Å². The maximum Gasteiger partial charge on any atom is 0.326 e. The van der Waals surface area contributed by atoms with Crippen molar-refractivity contribution in [2.24, 2.45) is 5.92 Å². The zero-order chi connectivity index (χ0) is 27.7. The lowest BCUT2D eigenvalue weighted by Crippen LogP contribution is -2.40. The molecule has 4 aromatic rings. The molecule has 1 atom stereocenters. The second-order valence-corrected chi connectivity index (χ2v) is 10.4. The van der Waals surface area contributed by atoms with Crippen molar-refractivity contribution < 1.29 is 23.2 Å². The van der Waals surface area contributed by atoms with E-state index in [1.165, 1.54) is 24.6 Å². The second-order valence-electron chi connectivity index (χ2n) is 10.4. The van der Waals surface area contributed by atoms with Gasteiger partial charge in [0.1, 0.15) is 29.5 Å². The van der Waals surface area contributed by atoms with Crippen molar-refractivity contribution in [3.05, 3.63) is 65.6 Å². The first kappa shape index (κ1) is 26.5. The molecule has 0 spiro atoms. The topological polar surface area (TPSA) is 110 Å². The average Bonchev–Trinajstić information content (AvgIpc) is 3.53. The van der Waals surface area contributed by atoms with Crippen molar-refractivity contribution in [1.82, 2.24) is 24.9 Å². The first-order chi connectivity index (χ1) is 18.7. The molecule has 0 bridgehead atoms. The van der Waals surface area contributed by atoms with Gasteiger partial charge in [0.05, 0.1) is 18.4 Å². The number of carboxylic acid groups (broad SMARTS) is 1. The predicted octanol–water partition coefficient (Wildman–Crippen LogP) is 5.52. The van der Waals surface area contributed by atoms with Gasteiger partial charge in [-0.3, -0.25) is 4.68 Å². The molecule has 1 fully saturated rings. The van der Waals surface area contributed by atoms with E-state index in [0.29, 0.717) is 35.0 Å². The number of aliphatic carboxylic acids is 1. The largest absolute Gasteiger partial charge is 0.480 e. The molecule has 3 aromatic heterocycles. The summed E-state index contributed by atoms with van der Waals surface area (Å²) >= 11 is 0. The maximum atomic E-state index is 15.1. The van der Waals surface area contributed by atoms with E-state index >= 15 is 4.39 Å². The third kappa shape index (κ3) is 5.52. The standard InChI is InChI=1S/C28H30F2N6O3/c1-16(2)11-25(28(37)38)35(3)27-21(30)14-31-26(32-27)23-13-24(22-9-10-39-34-22)36(33-23)15-19-8-7-18(12-20(19)29)17-5-4-6-17/h7-10,12-14,16-17,25H,4-6,11,15H2,1-3H3,(H,37,38)/t25-/m0/s1. The van der Waals surface area contributed by atoms with E-state index < -0.39 is 17.8 Å². The van der Waals surface area contributed by atoms with Gasteiger partial charge < -0.3 is 14.5 Å². The summed E-state index contributed by atoms with van der Waals surface area (Å²) in [5, 5.41) is 18.3. The molecule has 204 valence electrons. The molecule has 1 aliphatic carbocycles. The van der Waals surface area contributed by atoms with E-state index in [-0.39, 0.29) is 29.9 Å². The highest BCUT2D eigenvalue weighted by Gasteiger charge is 2.28. The van der Waals surface area contributed by atoms with Crippen LogP contribution in [0.2, 0.25) is 0 Å². The van der Waals surface area contributed by atoms with E-state index in [0.717, 1.165) is 24.6 Å². The van der Waals surface area contributed by atoms with Crippen molar-refractivity contribution >= 4 is 11.8 Å². The molecule has 0 saturated heterocycles. The number of nitrogens with zero attached hydrogens (tertiary/aromatic N) is 6. The zero-order valence-electron chi connectivity index (χ0n) is 22.0. The molecule has 0 aliphatic heterocycles. The summed E-state index contributed by atoms with van der Waals surface area (Å²) in [5.41, 5.74) is 2.77. The normalized spacial score (nSPS) is 14.4. The lowest BCUT2D eigenvalue weighted by Gasteiger charge is -2.27. The third-order valence-electron chi connectivity index (χ3n) is 7.19. The Hall–Kier alpha value is -4.15. The van der Waals surface area contributed by atoms with E-state index in [1.807, 2.05) is 19.9 Å². The van der Waals surface area contributed by atoms with Crippen LogP contribution < -0.4 is 4.90 Å². The van der Waals surface area contributed by atoms with Crippen LogP contribution in [0.1, 0.15) is 56.6 Å². The zero-order valence-corrected chi connectivity index (χ0v) is 22.0. The first-order valence-electron chi connectivity index (χ1n) is 13.0. The fraction of sp³-hybridized carbons (Fsp3) is 0.393. The Labute approximate surface area is 224 Å². The van der Waals surface area contributed by atoms with E-state index in [4.69, 9.17) is 4.52 Å². The molecule has 11 heteroatoms. The van der Waals surface area contributed by atoms with Crippen molar-refractivity contribution in [2.75, 3.05) is 11.9 Å². The molecule has 5 rings (SSSR count). The van der Waals surface area contributed by atoms with Gasteiger partial charge >= 0.3 is 5.97 Å². The summed E-state index contributed by atoms with van der Waals surface area (Å²) in [6, 6.07) is 7.68. The minimum Gasteiger partial charge on any atom is -0.480 e. The van der Waals surface area contributed by atoms with Crippen molar-refractivity contribution in [2.45, 2.75) is 58.0 Å². The van der Waals surface area contributed by atoms with E-state index in [1.54, 1.807) is 28.9 Å². The van der Waals surface area contributed by atoms with Crippen LogP contribution in [-0.2, 0) is 11.3 Å². The fourth-order valence-corrected chi connectivity index (χ4v) is 4.79. The Morgan fingerprint density at radius 3 is 2.59 bits per heavy atom. The Balaban J connectivity index is 1.50. The van der Waals surface area contributed by atoms with Crippen LogP contribution in [0.15, 0.2) is 47.3 Å². The third-order valence-corrected chi connectivity index (χ3v) is 7.19. The van der Waals surface area contributed by atoms with Gasteiger partial charge in [0.15, 0.2) is 17.5 Å². The molecule has 39 heavy (non-hydrogen) atoms. The Bertz CT molecular complexity index is 1470. The highest BCUT2D eigenvalue weighted by molar-refractivity contribution is 5.77. The molecule has 0 unspecified atom stereocenters. The van der Waals surface area contributed by atoms with Gasteiger partial charge in [0.25, 0.3) is 0 Å². The summed E-state index contributed by atoms with van der Waals surface area (Å²) in [5.74, 6) is -1.70. The van der Waals surface area contributed by atoms with Crippen molar-refractivity contribution in [1.29, 1.82) is 0 Å². The number of carboxylic acids is 1. The summed E-state index contributed by atoms with van der Waals surface area (Å²) in [7, 11) is 1.49. The first-order valence-corrected chi connectivity index (χ1v) is 13.0. The minimum atomic E-state index is -1.08.